The summed E-state index contributed by atoms with van der Waals surface area (Å²) < 4.78 is 29.5. The van der Waals surface area contributed by atoms with Gasteiger partial charge in [0.1, 0.15) is 0 Å². The maximum Gasteiger partial charge on any atom is 0.264 e. The molecule has 0 radical (unpaired) electrons. The van der Waals surface area contributed by atoms with Gasteiger partial charge in [-0.05, 0) is 109 Å². The Bertz CT molecular complexity index is 1830. The van der Waals surface area contributed by atoms with E-state index in [9.17, 15) is 18.0 Å². The summed E-state index contributed by atoms with van der Waals surface area (Å²) in [5, 5.41) is 4.09. The van der Waals surface area contributed by atoms with Gasteiger partial charge in [0.05, 0.1) is 5.75 Å². The lowest BCUT2D eigenvalue weighted by Crippen LogP contribution is -2.65. The lowest BCUT2D eigenvalue weighted by molar-refractivity contribution is -0.137. The molecule has 1 aliphatic heterocycles. The summed E-state index contributed by atoms with van der Waals surface area (Å²) in [5.74, 6) is 0.149. The van der Waals surface area contributed by atoms with Crippen molar-refractivity contribution in [1.82, 2.24) is 14.9 Å². The van der Waals surface area contributed by atoms with Crippen molar-refractivity contribution in [1.29, 1.82) is 0 Å². The summed E-state index contributed by atoms with van der Waals surface area (Å²) in [4.78, 5) is 31.0. The number of rotatable bonds is 9. The maximum absolute atomic E-state index is 13.5. The standard InChI is InChI=1S/C40H49ClN4O4S/c1-38(2,3)37(47)42-40-23-28-20-29(24-40)22-39(21-28,26-40)27-50(48,49)43-36(46)31-10-14-34(15-11-31)45-18-16-44(17-19-45)25-32-6-4-5-7-35(32)30-8-12-33(41)13-9-30/h4-15,28-29H,16-27H2,1-3H3,(H,42,47)(H,43,46). The van der Waals surface area contributed by atoms with Crippen molar-refractivity contribution in [3.63, 3.8) is 0 Å². The highest BCUT2D eigenvalue weighted by Gasteiger charge is 2.59. The van der Waals surface area contributed by atoms with Crippen LogP contribution in [0.25, 0.3) is 11.1 Å². The molecule has 2 unspecified atom stereocenters. The van der Waals surface area contributed by atoms with Crippen LogP contribution in [0, 0.1) is 22.7 Å². The fourth-order valence-electron chi connectivity index (χ4n) is 9.63. The van der Waals surface area contributed by atoms with Crippen LogP contribution in [0.2, 0.25) is 5.02 Å². The Morgan fingerprint density at radius 3 is 2.14 bits per heavy atom. The van der Waals surface area contributed by atoms with E-state index in [1.807, 2.05) is 45.0 Å². The Morgan fingerprint density at radius 1 is 0.860 bits per heavy atom. The van der Waals surface area contributed by atoms with Crippen LogP contribution in [-0.2, 0) is 21.4 Å². The quantitative estimate of drug-likeness (QED) is 0.250. The lowest BCUT2D eigenvalue weighted by Gasteiger charge is -2.62. The number of hydrogen-bond acceptors (Lipinski definition) is 6. The third kappa shape index (κ3) is 7.60. The minimum atomic E-state index is -3.89. The van der Waals surface area contributed by atoms with Crippen molar-refractivity contribution >= 4 is 39.1 Å². The molecule has 2 N–H and O–H groups in total. The zero-order valence-corrected chi connectivity index (χ0v) is 31.0. The molecular formula is C40H49ClN4O4S. The van der Waals surface area contributed by atoms with Crippen LogP contribution in [0.1, 0.15) is 75.2 Å². The van der Waals surface area contributed by atoms with Gasteiger partial charge >= 0.3 is 0 Å². The molecule has 8 nitrogen and oxygen atoms in total. The van der Waals surface area contributed by atoms with Crippen molar-refractivity contribution in [2.24, 2.45) is 22.7 Å². The fourth-order valence-corrected chi connectivity index (χ4v) is 11.4. The van der Waals surface area contributed by atoms with E-state index in [-0.39, 0.29) is 17.2 Å². The Hall–Kier alpha value is -3.40. The van der Waals surface area contributed by atoms with Crippen LogP contribution in [0.3, 0.4) is 0 Å². The Labute approximate surface area is 302 Å². The molecule has 5 fully saturated rings. The first-order valence-corrected chi connectivity index (χ1v) is 20.0. The molecule has 8 rings (SSSR count). The number of nitrogens with zero attached hydrogens (tertiary/aromatic N) is 2. The first kappa shape index (κ1) is 35.0. The molecule has 2 atom stereocenters. The molecular weight excluding hydrogens is 668 g/mol. The van der Waals surface area contributed by atoms with Gasteiger partial charge in [0, 0.05) is 60.0 Å². The van der Waals surface area contributed by atoms with Gasteiger partial charge in [0.25, 0.3) is 5.91 Å². The molecule has 4 bridgehead atoms. The largest absolute Gasteiger partial charge is 0.369 e. The zero-order valence-electron chi connectivity index (χ0n) is 29.4. The predicted octanol–water partition coefficient (Wildman–Crippen LogP) is 6.89. The van der Waals surface area contributed by atoms with Gasteiger partial charge in [-0.3, -0.25) is 14.5 Å². The van der Waals surface area contributed by atoms with Gasteiger partial charge in [-0.15, -0.1) is 0 Å². The number of halogens is 1. The molecule has 1 saturated heterocycles. The summed E-state index contributed by atoms with van der Waals surface area (Å²) in [7, 11) is -3.89. The SMILES string of the molecule is CC(C)(C)C(=O)NC12CC3CC(CC(CS(=O)(=O)NC(=O)c4ccc(N5CCN(Cc6ccccc6-c6ccc(Cl)cc6)CC5)cc4)(C3)C1)C2. The van der Waals surface area contributed by atoms with E-state index in [4.69, 9.17) is 11.6 Å². The smallest absolute Gasteiger partial charge is 0.264 e. The van der Waals surface area contributed by atoms with Gasteiger partial charge in [0.2, 0.25) is 15.9 Å². The fraction of sp³-hybridized carbons (Fsp3) is 0.500. The second kappa shape index (κ2) is 13.3. The number of anilines is 1. The summed E-state index contributed by atoms with van der Waals surface area (Å²) in [6.45, 7) is 10.1. The van der Waals surface area contributed by atoms with Crippen LogP contribution in [-0.4, -0.2) is 62.6 Å². The Balaban J connectivity index is 0.942. The molecule has 4 aliphatic carbocycles. The second-order valence-corrected chi connectivity index (χ2v) is 18.8. The van der Waals surface area contributed by atoms with Crippen molar-refractivity contribution in [3.05, 3.63) is 88.9 Å². The Morgan fingerprint density at radius 2 is 1.50 bits per heavy atom. The first-order valence-electron chi connectivity index (χ1n) is 18.0. The van der Waals surface area contributed by atoms with Crippen LogP contribution in [0.5, 0.6) is 0 Å². The highest BCUT2D eigenvalue weighted by atomic mass is 35.5. The third-order valence-electron chi connectivity index (χ3n) is 11.4. The van der Waals surface area contributed by atoms with Crippen LogP contribution in [0.4, 0.5) is 5.69 Å². The van der Waals surface area contributed by atoms with E-state index in [1.165, 1.54) is 11.1 Å². The molecule has 3 aromatic carbocycles. The van der Waals surface area contributed by atoms with Crippen LogP contribution in [0.15, 0.2) is 72.8 Å². The van der Waals surface area contributed by atoms with Crippen molar-refractivity contribution in [3.8, 4) is 11.1 Å². The second-order valence-electron chi connectivity index (χ2n) is 16.6. The minimum Gasteiger partial charge on any atom is -0.369 e. The number of benzene rings is 3. The molecule has 266 valence electrons. The zero-order chi connectivity index (χ0) is 35.3. The van der Waals surface area contributed by atoms with Crippen molar-refractivity contribution in [2.45, 2.75) is 71.4 Å². The van der Waals surface area contributed by atoms with E-state index in [1.54, 1.807) is 12.1 Å². The van der Waals surface area contributed by atoms with E-state index >= 15 is 0 Å². The summed E-state index contributed by atoms with van der Waals surface area (Å²) in [6, 6.07) is 23.7. The minimum absolute atomic E-state index is 0.0205. The van der Waals surface area contributed by atoms with Gasteiger partial charge in [-0.25, -0.2) is 13.1 Å². The molecule has 3 aromatic rings. The van der Waals surface area contributed by atoms with Crippen LogP contribution < -0.4 is 14.9 Å². The van der Waals surface area contributed by atoms with E-state index in [2.05, 4.69) is 56.2 Å². The lowest BCUT2D eigenvalue weighted by atomic mass is 9.47. The monoisotopic (exact) mass is 716 g/mol. The number of nitrogens with one attached hydrogen (secondary N) is 2. The average Bonchev–Trinajstić information content (AvgIpc) is 3.04. The summed E-state index contributed by atoms with van der Waals surface area (Å²) in [6.07, 6.45) is 5.26. The van der Waals surface area contributed by atoms with Gasteiger partial charge in [-0.2, -0.15) is 0 Å². The molecule has 50 heavy (non-hydrogen) atoms. The van der Waals surface area contributed by atoms with E-state index in [0.29, 0.717) is 23.8 Å². The van der Waals surface area contributed by atoms with Crippen LogP contribution >= 0.6 is 11.6 Å². The normalized spacial score (nSPS) is 26.5. The van der Waals surface area contributed by atoms with Gasteiger partial charge in [0.15, 0.2) is 0 Å². The topological polar surface area (TPSA) is 98.8 Å². The van der Waals surface area contributed by atoms with Gasteiger partial charge < -0.3 is 10.2 Å². The number of sulfonamides is 1. The summed E-state index contributed by atoms with van der Waals surface area (Å²) in [5.41, 5.74) is 3.71. The molecule has 5 aliphatic rings. The molecule has 0 aromatic heterocycles. The number of carbonyl (C=O) groups excluding carboxylic acids is 2. The predicted molar refractivity (Wildman–Crippen MR) is 200 cm³/mol. The third-order valence-corrected chi connectivity index (χ3v) is 13.2. The molecule has 1 heterocycles. The first-order chi connectivity index (χ1) is 23.7. The van der Waals surface area contributed by atoms with Crippen molar-refractivity contribution < 1.29 is 18.0 Å². The molecule has 4 saturated carbocycles. The average molecular weight is 717 g/mol. The number of piperazine rings is 1. The van der Waals surface area contributed by atoms with Gasteiger partial charge in [-0.1, -0.05) is 68.8 Å². The number of amides is 2. The number of carbonyl (C=O) groups is 2. The van der Waals surface area contributed by atoms with E-state index in [0.717, 1.165) is 81.1 Å². The maximum atomic E-state index is 13.5. The number of hydrogen-bond donors (Lipinski definition) is 2. The van der Waals surface area contributed by atoms with E-state index < -0.39 is 26.8 Å². The molecule has 2 amide bonds. The molecule has 0 spiro atoms. The van der Waals surface area contributed by atoms with Crippen molar-refractivity contribution in [2.75, 3.05) is 36.8 Å². The summed E-state index contributed by atoms with van der Waals surface area (Å²) >= 11 is 6.12. The highest BCUT2D eigenvalue weighted by molar-refractivity contribution is 7.90. The highest BCUT2D eigenvalue weighted by Crippen LogP contribution is 2.62. The molecule has 10 heteroatoms. The Kier molecular flexibility index (Phi) is 9.31.